The number of aryl methyl sites for hydroxylation is 1. The highest BCUT2D eigenvalue weighted by Gasteiger charge is 2.09. The van der Waals surface area contributed by atoms with Gasteiger partial charge >= 0.3 is 5.69 Å². The molecule has 6 nitrogen and oxygen atoms in total. The molecule has 20 heavy (non-hydrogen) atoms. The predicted octanol–water partition coefficient (Wildman–Crippen LogP) is 1.31. The van der Waals surface area contributed by atoms with Gasteiger partial charge in [0.25, 0.3) is 0 Å². The van der Waals surface area contributed by atoms with E-state index in [4.69, 9.17) is 0 Å². The Morgan fingerprint density at radius 2 is 2.05 bits per heavy atom. The number of fused-ring (bicyclic) bond motifs is 1. The van der Waals surface area contributed by atoms with Crippen molar-refractivity contribution < 1.29 is 0 Å². The minimum atomic E-state index is -0.188. The van der Waals surface area contributed by atoms with Crippen molar-refractivity contribution in [1.29, 1.82) is 0 Å². The van der Waals surface area contributed by atoms with E-state index >= 15 is 0 Å². The third kappa shape index (κ3) is 2.27. The zero-order valence-corrected chi connectivity index (χ0v) is 11.1. The molecule has 2 aromatic heterocycles. The van der Waals surface area contributed by atoms with Crippen LogP contribution < -0.4 is 11.0 Å². The average Bonchev–Trinajstić information content (AvgIpc) is 2.77. The molecule has 0 bridgehead atoms. The lowest BCUT2D eigenvalue weighted by Gasteiger charge is -2.06. The van der Waals surface area contributed by atoms with Gasteiger partial charge in [0, 0.05) is 13.6 Å². The number of benzene rings is 1. The summed E-state index contributed by atoms with van der Waals surface area (Å²) in [6.45, 7) is 0.743. The molecule has 0 aliphatic rings. The number of H-pyrrole nitrogens is 1. The van der Waals surface area contributed by atoms with E-state index in [-0.39, 0.29) is 5.69 Å². The van der Waals surface area contributed by atoms with Crippen molar-refractivity contribution in [2.45, 2.75) is 6.42 Å². The van der Waals surface area contributed by atoms with Gasteiger partial charge in [-0.1, -0.05) is 30.3 Å². The fraction of sp³-hybridized carbons (Fsp3) is 0.214. The summed E-state index contributed by atoms with van der Waals surface area (Å²) in [4.78, 5) is 22.7. The number of nitrogens with zero attached hydrogens (tertiary/aromatic N) is 3. The number of anilines is 1. The van der Waals surface area contributed by atoms with Gasteiger partial charge in [-0.3, -0.25) is 4.57 Å². The van der Waals surface area contributed by atoms with Crippen LogP contribution >= 0.6 is 0 Å². The second-order valence-corrected chi connectivity index (χ2v) is 4.57. The van der Waals surface area contributed by atoms with E-state index in [0.717, 1.165) is 13.0 Å². The molecular weight excluding hydrogens is 254 g/mol. The van der Waals surface area contributed by atoms with Crippen molar-refractivity contribution in [3.63, 3.8) is 0 Å². The summed E-state index contributed by atoms with van der Waals surface area (Å²) in [6.07, 6.45) is 2.35. The largest absolute Gasteiger partial charge is 0.368 e. The topological polar surface area (TPSA) is 75.6 Å². The van der Waals surface area contributed by atoms with E-state index in [1.807, 2.05) is 18.2 Å². The Bertz CT molecular complexity index is 775. The molecule has 6 heteroatoms. The Kier molecular flexibility index (Phi) is 3.20. The molecule has 0 aliphatic heterocycles. The Balaban J connectivity index is 1.78. The Morgan fingerprint density at radius 3 is 2.85 bits per heavy atom. The summed E-state index contributed by atoms with van der Waals surface area (Å²) in [6, 6.07) is 10.2. The SMILES string of the molecule is Cn1c(=O)[nH]c2c(NCCc3ccccc3)ncnc21. The van der Waals surface area contributed by atoms with Crippen LogP contribution in [0.2, 0.25) is 0 Å². The van der Waals surface area contributed by atoms with Gasteiger partial charge in [-0.25, -0.2) is 14.8 Å². The highest BCUT2D eigenvalue weighted by molar-refractivity contribution is 5.82. The van der Waals surface area contributed by atoms with Gasteiger partial charge in [0.2, 0.25) is 0 Å². The molecule has 2 N–H and O–H groups in total. The zero-order chi connectivity index (χ0) is 13.9. The number of hydrogen-bond donors (Lipinski definition) is 2. The average molecular weight is 269 g/mol. The number of nitrogens with one attached hydrogen (secondary N) is 2. The summed E-state index contributed by atoms with van der Waals surface area (Å²) in [5.41, 5.74) is 2.32. The second-order valence-electron chi connectivity index (χ2n) is 4.57. The van der Waals surface area contributed by atoms with Crippen LogP contribution in [0.25, 0.3) is 11.2 Å². The Morgan fingerprint density at radius 1 is 1.25 bits per heavy atom. The summed E-state index contributed by atoms with van der Waals surface area (Å²) in [7, 11) is 1.68. The first-order chi connectivity index (χ1) is 9.75. The van der Waals surface area contributed by atoms with Crippen LogP contribution in [0.4, 0.5) is 5.82 Å². The highest BCUT2D eigenvalue weighted by Crippen LogP contribution is 2.14. The summed E-state index contributed by atoms with van der Waals surface area (Å²) >= 11 is 0. The van der Waals surface area contributed by atoms with E-state index in [0.29, 0.717) is 17.0 Å². The highest BCUT2D eigenvalue weighted by atomic mass is 16.1. The first-order valence-electron chi connectivity index (χ1n) is 6.43. The molecule has 3 aromatic rings. The van der Waals surface area contributed by atoms with E-state index in [2.05, 4.69) is 32.4 Å². The summed E-state index contributed by atoms with van der Waals surface area (Å²) < 4.78 is 1.47. The van der Waals surface area contributed by atoms with Gasteiger partial charge in [0.15, 0.2) is 11.5 Å². The van der Waals surface area contributed by atoms with E-state index in [9.17, 15) is 4.79 Å². The van der Waals surface area contributed by atoms with Gasteiger partial charge in [-0.2, -0.15) is 0 Å². The number of aromatic amines is 1. The number of rotatable bonds is 4. The van der Waals surface area contributed by atoms with Gasteiger partial charge in [0.1, 0.15) is 11.8 Å². The van der Waals surface area contributed by atoms with Gasteiger partial charge in [0.05, 0.1) is 0 Å². The van der Waals surface area contributed by atoms with Gasteiger partial charge < -0.3 is 10.3 Å². The normalized spacial score (nSPS) is 10.8. The van der Waals surface area contributed by atoms with Crippen molar-refractivity contribution in [1.82, 2.24) is 19.5 Å². The van der Waals surface area contributed by atoms with Crippen LogP contribution in [0.1, 0.15) is 5.56 Å². The molecule has 2 heterocycles. The van der Waals surface area contributed by atoms with Crippen LogP contribution in [0, 0.1) is 0 Å². The van der Waals surface area contributed by atoms with Crippen LogP contribution in [-0.4, -0.2) is 26.1 Å². The third-order valence-electron chi connectivity index (χ3n) is 3.23. The van der Waals surface area contributed by atoms with Crippen LogP contribution in [0.5, 0.6) is 0 Å². The van der Waals surface area contributed by atoms with Crippen LogP contribution in [-0.2, 0) is 13.5 Å². The fourth-order valence-electron chi connectivity index (χ4n) is 2.14. The maximum absolute atomic E-state index is 11.6. The summed E-state index contributed by atoms with van der Waals surface area (Å²) in [5.74, 6) is 0.656. The molecule has 0 radical (unpaired) electrons. The second kappa shape index (κ2) is 5.16. The van der Waals surface area contributed by atoms with Crippen molar-refractivity contribution >= 4 is 17.0 Å². The molecule has 0 spiro atoms. The molecule has 102 valence electrons. The Hall–Kier alpha value is -2.63. The monoisotopic (exact) mass is 269 g/mol. The molecule has 0 fully saturated rings. The molecule has 0 saturated carbocycles. The van der Waals surface area contributed by atoms with E-state index in [1.165, 1.54) is 16.5 Å². The molecule has 0 atom stereocenters. The molecule has 3 rings (SSSR count). The van der Waals surface area contributed by atoms with Gasteiger partial charge in [-0.05, 0) is 12.0 Å². The van der Waals surface area contributed by atoms with E-state index in [1.54, 1.807) is 7.05 Å². The van der Waals surface area contributed by atoms with Crippen molar-refractivity contribution in [3.8, 4) is 0 Å². The van der Waals surface area contributed by atoms with Crippen LogP contribution in [0.3, 0.4) is 0 Å². The minimum absolute atomic E-state index is 0.188. The molecule has 0 unspecified atom stereocenters. The third-order valence-corrected chi connectivity index (χ3v) is 3.23. The summed E-state index contributed by atoms with van der Waals surface area (Å²) in [5, 5.41) is 3.24. The maximum Gasteiger partial charge on any atom is 0.327 e. The first-order valence-corrected chi connectivity index (χ1v) is 6.43. The van der Waals surface area contributed by atoms with Crippen LogP contribution in [0.15, 0.2) is 41.5 Å². The zero-order valence-electron chi connectivity index (χ0n) is 11.1. The minimum Gasteiger partial charge on any atom is -0.368 e. The molecule has 0 saturated heterocycles. The van der Waals surface area contributed by atoms with Crippen molar-refractivity contribution in [2.75, 3.05) is 11.9 Å². The van der Waals surface area contributed by atoms with Crippen molar-refractivity contribution in [3.05, 3.63) is 52.7 Å². The quantitative estimate of drug-likeness (QED) is 0.749. The predicted molar refractivity (Wildman–Crippen MR) is 77.8 cm³/mol. The fourth-order valence-corrected chi connectivity index (χ4v) is 2.14. The van der Waals surface area contributed by atoms with E-state index < -0.39 is 0 Å². The Labute approximate surface area is 115 Å². The molecule has 1 aromatic carbocycles. The maximum atomic E-state index is 11.6. The lowest BCUT2D eigenvalue weighted by molar-refractivity contribution is 0.877. The molecule has 0 aliphatic carbocycles. The lowest BCUT2D eigenvalue weighted by atomic mass is 10.1. The van der Waals surface area contributed by atoms with Crippen molar-refractivity contribution in [2.24, 2.45) is 7.05 Å². The standard InChI is InChI=1S/C14H15N5O/c1-19-13-11(18-14(19)20)12(16-9-17-13)15-8-7-10-5-3-2-4-6-10/h2-6,9H,7-8H2,1H3,(H,18,20)(H,15,16,17). The number of hydrogen-bond acceptors (Lipinski definition) is 4. The lowest BCUT2D eigenvalue weighted by Crippen LogP contribution is -2.12. The first kappa shape index (κ1) is 12.4. The smallest absolute Gasteiger partial charge is 0.327 e. The van der Waals surface area contributed by atoms with Gasteiger partial charge in [-0.15, -0.1) is 0 Å². The molecular formula is C14H15N5O. The number of imidazole rings is 1. The molecule has 0 amide bonds. The number of aromatic nitrogens is 4.